The maximum absolute atomic E-state index is 10.3. The van der Waals surface area contributed by atoms with E-state index in [2.05, 4.69) is 10.5 Å². The number of carbonyl (C=O) groups is 2. The molecule has 11 heavy (non-hydrogen) atoms. The topological polar surface area (TPSA) is 110 Å². The molecule has 6 nitrogen and oxygen atoms in total. The number of hydrogen-bond donors (Lipinski definition) is 3. The standard InChI is InChI=1S/C5H7NO5/c6-3(7)1-2-4(8)11-5(9)10/h1-2,5,9-10H,(H2,6,7)/b2-1-. The molecule has 1 amide bonds. The molecule has 0 spiro atoms. The van der Waals surface area contributed by atoms with Gasteiger partial charge in [-0.25, -0.2) is 4.79 Å². The first kappa shape index (κ1) is 9.60. The second-order valence-corrected chi connectivity index (χ2v) is 1.50. The Balaban J connectivity index is 3.78. The summed E-state index contributed by atoms with van der Waals surface area (Å²) < 4.78 is 3.78. The summed E-state index contributed by atoms with van der Waals surface area (Å²) in [7, 11) is 0. The number of rotatable bonds is 3. The molecule has 0 aromatic carbocycles. The highest BCUT2D eigenvalue weighted by Gasteiger charge is 2.02. The van der Waals surface area contributed by atoms with Crippen molar-refractivity contribution in [3.8, 4) is 0 Å². The minimum absolute atomic E-state index is 0.682. The van der Waals surface area contributed by atoms with Crippen molar-refractivity contribution in [1.82, 2.24) is 0 Å². The Labute approximate surface area is 61.9 Å². The summed E-state index contributed by atoms with van der Waals surface area (Å²) in [4.78, 5) is 20.3. The third kappa shape index (κ3) is 6.49. The van der Waals surface area contributed by atoms with Crippen molar-refractivity contribution in [2.24, 2.45) is 5.73 Å². The zero-order valence-corrected chi connectivity index (χ0v) is 5.43. The number of primary amides is 1. The average Bonchev–Trinajstić information content (AvgIpc) is 1.82. The number of aliphatic hydroxyl groups is 2. The Hall–Kier alpha value is -1.40. The smallest absolute Gasteiger partial charge is 0.335 e. The third-order valence-corrected chi connectivity index (χ3v) is 0.605. The number of ether oxygens (including phenoxy) is 1. The Bertz CT molecular complexity index is 185. The minimum atomic E-state index is -2.18. The molecule has 0 saturated carbocycles. The first-order valence-electron chi connectivity index (χ1n) is 2.56. The molecule has 62 valence electrons. The van der Waals surface area contributed by atoms with E-state index in [0.717, 1.165) is 6.08 Å². The fourth-order valence-corrected chi connectivity index (χ4v) is 0.293. The maximum Gasteiger partial charge on any atom is 0.335 e. The molecule has 0 rings (SSSR count). The van der Waals surface area contributed by atoms with Crippen LogP contribution in [-0.4, -0.2) is 28.6 Å². The summed E-state index contributed by atoms with van der Waals surface area (Å²) >= 11 is 0. The van der Waals surface area contributed by atoms with E-state index in [1.807, 2.05) is 0 Å². The fraction of sp³-hybridized carbons (Fsp3) is 0.200. The van der Waals surface area contributed by atoms with Gasteiger partial charge in [0.15, 0.2) is 0 Å². The second kappa shape index (κ2) is 4.42. The summed E-state index contributed by atoms with van der Waals surface area (Å²) in [5, 5.41) is 16.1. The SMILES string of the molecule is NC(=O)/C=C\C(=O)OC(O)O. The van der Waals surface area contributed by atoms with Gasteiger partial charge in [-0.3, -0.25) is 4.79 Å². The molecule has 0 aliphatic heterocycles. The lowest BCUT2D eigenvalue weighted by atomic mass is 10.5. The summed E-state index contributed by atoms with van der Waals surface area (Å²) in [5.74, 6) is -1.88. The van der Waals surface area contributed by atoms with Crippen LogP contribution in [-0.2, 0) is 14.3 Å². The zero-order chi connectivity index (χ0) is 8.85. The molecule has 0 aliphatic rings. The van der Waals surface area contributed by atoms with Crippen molar-refractivity contribution < 1.29 is 24.5 Å². The number of nitrogens with two attached hydrogens (primary N) is 1. The highest BCUT2D eigenvalue weighted by molar-refractivity contribution is 5.93. The van der Waals surface area contributed by atoms with Crippen molar-refractivity contribution in [2.75, 3.05) is 0 Å². The van der Waals surface area contributed by atoms with Crippen molar-refractivity contribution in [3.05, 3.63) is 12.2 Å². The molecule has 0 atom stereocenters. The van der Waals surface area contributed by atoms with Crippen LogP contribution in [0.2, 0.25) is 0 Å². The molecule has 0 aromatic heterocycles. The van der Waals surface area contributed by atoms with Gasteiger partial charge in [-0.15, -0.1) is 0 Å². The maximum atomic E-state index is 10.3. The van der Waals surface area contributed by atoms with E-state index in [4.69, 9.17) is 10.2 Å². The fourth-order valence-electron chi connectivity index (χ4n) is 0.293. The van der Waals surface area contributed by atoms with Crippen LogP contribution in [0.4, 0.5) is 0 Å². The molecule has 0 saturated heterocycles. The van der Waals surface area contributed by atoms with Gasteiger partial charge in [-0.05, 0) is 0 Å². The van der Waals surface area contributed by atoms with Crippen molar-refractivity contribution in [3.63, 3.8) is 0 Å². The molecule has 0 radical (unpaired) electrons. The first-order valence-corrected chi connectivity index (χ1v) is 2.56. The summed E-state index contributed by atoms with van der Waals surface area (Å²) in [6.07, 6.45) is 1.42. The number of carbonyl (C=O) groups excluding carboxylic acids is 2. The third-order valence-electron chi connectivity index (χ3n) is 0.605. The normalized spacial score (nSPS) is 10.5. The van der Waals surface area contributed by atoms with Crippen LogP contribution in [0.1, 0.15) is 0 Å². The second-order valence-electron chi connectivity index (χ2n) is 1.50. The van der Waals surface area contributed by atoms with Gasteiger partial charge >= 0.3 is 12.4 Å². The molecule has 0 unspecified atom stereocenters. The van der Waals surface area contributed by atoms with Crippen LogP contribution < -0.4 is 5.73 Å². The molecular weight excluding hydrogens is 154 g/mol. The van der Waals surface area contributed by atoms with Crippen molar-refractivity contribution >= 4 is 11.9 Å². The first-order chi connectivity index (χ1) is 5.02. The van der Waals surface area contributed by atoms with Gasteiger partial charge in [-0.1, -0.05) is 0 Å². The van der Waals surface area contributed by atoms with Crippen LogP contribution in [0.5, 0.6) is 0 Å². The van der Waals surface area contributed by atoms with Gasteiger partial charge in [0.05, 0.1) is 0 Å². The Kier molecular flexibility index (Phi) is 3.86. The summed E-state index contributed by atoms with van der Waals surface area (Å²) in [6.45, 7) is -2.18. The minimum Gasteiger partial charge on any atom is -0.407 e. The summed E-state index contributed by atoms with van der Waals surface area (Å²) in [6, 6.07) is 0. The van der Waals surface area contributed by atoms with Gasteiger partial charge in [0.1, 0.15) is 0 Å². The lowest BCUT2D eigenvalue weighted by molar-refractivity contribution is -0.225. The van der Waals surface area contributed by atoms with E-state index in [1.54, 1.807) is 0 Å². The van der Waals surface area contributed by atoms with Crippen LogP contribution in [0.15, 0.2) is 12.2 Å². The van der Waals surface area contributed by atoms with E-state index in [-0.39, 0.29) is 0 Å². The number of amides is 1. The van der Waals surface area contributed by atoms with Crippen LogP contribution in [0.3, 0.4) is 0 Å². The molecule has 0 aromatic rings. The lowest BCUT2D eigenvalue weighted by Crippen LogP contribution is -2.15. The van der Waals surface area contributed by atoms with E-state index in [0.29, 0.717) is 6.08 Å². The number of aliphatic hydroxyl groups excluding tert-OH is 1. The van der Waals surface area contributed by atoms with Crippen LogP contribution in [0.25, 0.3) is 0 Å². The summed E-state index contributed by atoms with van der Waals surface area (Å²) in [5.41, 5.74) is 4.61. The molecule has 0 heterocycles. The quantitative estimate of drug-likeness (QED) is 0.248. The van der Waals surface area contributed by atoms with E-state index < -0.39 is 18.4 Å². The number of esters is 1. The Morgan fingerprint density at radius 2 is 1.91 bits per heavy atom. The molecule has 0 bridgehead atoms. The molecule has 6 heteroatoms. The Morgan fingerprint density at radius 1 is 1.36 bits per heavy atom. The van der Waals surface area contributed by atoms with Gasteiger partial charge in [0.25, 0.3) is 0 Å². The van der Waals surface area contributed by atoms with Crippen molar-refractivity contribution in [1.29, 1.82) is 0 Å². The van der Waals surface area contributed by atoms with Gasteiger partial charge in [0.2, 0.25) is 5.91 Å². The molecule has 0 aliphatic carbocycles. The van der Waals surface area contributed by atoms with Crippen LogP contribution >= 0.6 is 0 Å². The van der Waals surface area contributed by atoms with E-state index >= 15 is 0 Å². The van der Waals surface area contributed by atoms with Gasteiger partial charge in [-0.2, -0.15) is 0 Å². The predicted molar refractivity (Wildman–Crippen MR) is 32.7 cm³/mol. The Morgan fingerprint density at radius 3 is 2.27 bits per heavy atom. The average molecular weight is 161 g/mol. The zero-order valence-electron chi connectivity index (χ0n) is 5.43. The van der Waals surface area contributed by atoms with E-state index in [1.165, 1.54) is 0 Å². The molecular formula is C5H7NO5. The monoisotopic (exact) mass is 161 g/mol. The lowest BCUT2D eigenvalue weighted by Gasteiger charge is -2.00. The predicted octanol–water partition coefficient (Wildman–Crippen LogP) is -2.16. The highest BCUT2D eigenvalue weighted by atomic mass is 16.7. The van der Waals surface area contributed by atoms with E-state index in [9.17, 15) is 9.59 Å². The largest absolute Gasteiger partial charge is 0.407 e. The highest BCUT2D eigenvalue weighted by Crippen LogP contribution is 1.84. The van der Waals surface area contributed by atoms with Crippen molar-refractivity contribution in [2.45, 2.75) is 6.48 Å². The molecule has 0 fully saturated rings. The number of hydrogen-bond acceptors (Lipinski definition) is 5. The van der Waals surface area contributed by atoms with Crippen LogP contribution in [0, 0.1) is 0 Å². The van der Waals surface area contributed by atoms with Gasteiger partial charge < -0.3 is 20.7 Å². The van der Waals surface area contributed by atoms with Gasteiger partial charge in [0, 0.05) is 12.2 Å². The molecule has 4 N–H and O–H groups in total.